The largest absolute Gasteiger partial charge is 0.491 e. The molecule has 32 heavy (non-hydrogen) atoms. The third-order valence-electron chi connectivity index (χ3n) is 4.68. The highest BCUT2D eigenvalue weighted by molar-refractivity contribution is 6.39. The number of aliphatic hydroxyl groups excluding tert-OH is 1. The van der Waals surface area contributed by atoms with Gasteiger partial charge in [0, 0.05) is 18.7 Å². The first kappa shape index (κ1) is 24.3. The van der Waals surface area contributed by atoms with E-state index in [1.807, 2.05) is 12.1 Å². The van der Waals surface area contributed by atoms with Crippen molar-refractivity contribution in [3.8, 4) is 17.2 Å². The van der Waals surface area contributed by atoms with Crippen LogP contribution in [0.4, 0.5) is 5.69 Å². The lowest BCUT2D eigenvalue weighted by atomic mass is 10.1. The first-order valence-electron chi connectivity index (χ1n) is 10.2. The van der Waals surface area contributed by atoms with Crippen molar-refractivity contribution in [3.05, 3.63) is 45.9 Å². The van der Waals surface area contributed by atoms with E-state index in [1.54, 1.807) is 25.1 Å². The topological polar surface area (TPSA) is 112 Å². The molecule has 0 unspecified atom stereocenters. The van der Waals surface area contributed by atoms with Crippen LogP contribution in [0.25, 0.3) is 0 Å². The number of aliphatic hydroxyl groups is 1. The van der Waals surface area contributed by atoms with Crippen molar-refractivity contribution in [2.24, 2.45) is 0 Å². The second kappa shape index (κ2) is 11.5. The Labute approximate surface area is 196 Å². The van der Waals surface area contributed by atoms with Crippen LogP contribution in [-0.4, -0.2) is 56.2 Å². The SMILES string of the molecule is CCOC(=O)[C@H]1COc2cc(CCNC[C@H](O)COc3cc(Cl)c(N)c(Cl)c3)ccc2O1. The number of carbonyl (C=O) groups excluding carboxylic acids is 1. The number of halogens is 2. The number of fused-ring (bicyclic) bond motifs is 1. The molecule has 0 radical (unpaired) electrons. The number of benzene rings is 2. The molecular formula is C22H26Cl2N2O6. The van der Waals surface area contributed by atoms with E-state index < -0.39 is 18.2 Å². The Bertz CT molecular complexity index is 920. The van der Waals surface area contributed by atoms with Gasteiger partial charge in [-0.25, -0.2) is 4.79 Å². The Morgan fingerprint density at radius 3 is 2.75 bits per heavy atom. The van der Waals surface area contributed by atoms with Gasteiger partial charge in [-0.3, -0.25) is 0 Å². The standard InChI is InChI=1S/C22H26Cl2N2O6/c1-2-29-22(28)20-12-31-19-7-13(3-4-18(19)32-20)5-6-26-10-14(27)11-30-15-8-16(23)21(25)17(24)9-15/h3-4,7-9,14,20,26-27H,2,5-6,10-12,25H2,1H3/t14-,20+/m0/s1. The van der Waals surface area contributed by atoms with Crippen LogP contribution in [0.15, 0.2) is 30.3 Å². The molecule has 2 aromatic rings. The monoisotopic (exact) mass is 484 g/mol. The molecule has 3 rings (SSSR count). The lowest BCUT2D eigenvalue weighted by Crippen LogP contribution is -2.37. The van der Waals surface area contributed by atoms with Crippen molar-refractivity contribution in [2.75, 3.05) is 38.6 Å². The zero-order valence-electron chi connectivity index (χ0n) is 17.6. The highest BCUT2D eigenvalue weighted by atomic mass is 35.5. The van der Waals surface area contributed by atoms with Crippen LogP contribution in [0.2, 0.25) is 10.0 Å². The van der Waals surface area contributed by atoms with Crippen LogP contribution in [0.1, 0.15) is 12.5 Å². The van der Waals surface area contributed by atoms with Gasteiger partial charge in [0.1, 0.15) is 25.1 Å². The van der Waals surface area contributed by atoms with Gasteiger partial charge in [0.05, 0.1) is 22.3 Å². The minimum Gasteiger partial charge on any atom is -0.491 e. The summed E-state index contributed by atoms with van der Waals surface area (Å²) in [7, 11) is 0. The molecule has 10 heteroatoms. The summed E-state index contributed by atoms with van der Waals surface area (Å²) in [6.07, 6.45) is -0.751. The molecule has 4 N–H and O–H groups in total. The summed E-state index contributed by atoms with van der Waals surface area (Å²) >= 11 is 11.9. The summed E-state index contributed by atoms with van der Waals surface area (Å²) in [6.45, 7) is 3.22. The molecule has 1 heterocycles. The van der Waals surface area contributed by atoms with Crippen molar-refractivity contribution < 1.29 is 28.8 Å². The maximum absolute atomic E-state index is 11.8. The minimum atomic E-state index is -0.751. The maximum atomic E-state index is 11.8. The Morgan fingerprint density at radius 1 is 1.28 bits per heavy atom. The maximum Gasteiger partial charge on any atom is 0.350 e. The van der Waals surface area contributed by atoms with E-state index in [0.717, 1.165) is 5.56 Å². The first-order valence-corrected chi connectivity index (χ1v) is 11.0. The molecule has 1 aliphatic heterocycles. The fourth-order valence-electron chi connectivity index (χ4n) is 3.02. The summed E-state index contributed by atoms with van der Waals surface area (Å²) in [5, 5.41) is 13.9. The molecule has 2 aromatic carbocycles. The molecule has 0 fully saturated rings. The molecule has 0 spiro atoms. The van der Waals surface area contributed by atoms with Crippen LogP contribution in [-0.2, 0) is 16.0 Å². The van der Waals surface area contributed by atoms with Crippen molar-refractivity contribution in [1.29, 1.82) is 0 Å². The van der Waals surface area contributed by atoms with Crippen LogP contribution in [0, 0.1) is 0 Å². The summed E-state index contributed by atoms with van der Waals surface area (Å²) in [6, 6.07) is 8.68. The van der Waals surface area contributed by atoms with E-state index in [4.69, 9.17) is 47.9 Å². The Hall–Kier alpha value is -2.39. The summed E-state index contributed by atoms with van der Waals surface area (Å²) in [4.78, 5) is 11.8. The number of nitrogens with two attached hydrogens (primary N) is 1. The van der Waals surface area contributed by atoms with Gasteiger partial charge in [-0.2, -0.15) is 0 Å². The zero-order chi connectivity index (χ0) is 23.1. The number of anilines is 1. The molecule has 0 aliphatic carbocycles. The van der Waals surface area contributed by atoms with Crippen molar-refractivity contribution in [2.45, 2.75) is 25.6 Å². The molecule has 2 atom stereocenters. The van der Waals surface area contributed by atoms with Gasteiger partial charge >= 0.3 is 5.97 Å². The summed E-state index contributed by atoms with van der Waals surface area (Å²) in [5.74, 6) is 1.12. The van der Waals surface area contributed by atoms with E-state index >= 15 is 0 Å². The van der Waals surface area contributed by atoms with E-state index in [2.05, 4.69) is 5.32 Å². The molecule has 8 nitrogen and oxygen atoms in total. The predicted molar refractivity (Wildman–Crippen MR) is 122 cm³/mol. The van der Waals surface area contributed by atoms with Gasteiger partial charge in [-0.05, 0) is 37.6 Å². The van der Waals surface area contributed by atoms with Gasteiger partial charge in [0.2, 0.25) is 6.10 Å². The molecule has 0 aromatic heterocycles. The quantitative estimate of drug-likeness (QED) is 0.268. The van der Waals surface area contributed by atoms with Crippen LogP contribution >= 0.6 is 23.2 Å². The van der Waals surface area contributed by atoms with Crippen LogP contribution in [0.5, 0.6) is 17.2 Å². The average Bonchev–Trinajstić information content (AvgIpc) is 2.78. The Kier molecular flexibility index (Phi) is 8.69. The number of hydrogen-bond acceptors (Lipinski definition) is 8. The van der Waals surface area contributed by atoms with Gasteiger partial charge < -0.3 is 35.1 Å². The first-order chi connectivity index (χ1) is 15.4. The summed E-state index contributed by atoms with van der Waals surface area (Å²) in [5.41, 5.74) is 7.02. The number of ether oxygens (including phenoxy) is 4. The zero-order valence-corrected chi connectivity index (χ0v) is 19.1. The second-order valence-corrected chi connectivity index (χ2v) is 7.98. The number of carbonyl (C=O) groups is 1. The third-order valence-corrected chi connectivity index (χ3v) is 5.31. The molecule has 1 aliphatic rings. The van der Waals surface area contributed by atoms with E-state index in [-0.39, 0.29) is 13.2 Å². The second-order valence-electron chi connectivity index (χ2n) is 7.17. The number of rotatable bonds is 10. The van der Waals surface area contributed by atoms with Crippen LogP contribution < -0.4 is 25.3 Å². The number of hydrogen-bond donors (Lipinski definition) is 3. The van der Waals surface area contributed by atoms with E-state index in [1.165, 1.54) is 0 Å². The molecule has 0 saturated heterocycles. The van der Waals surface area contributed by atoms with Gasteiger partial charge in [0.15, 0.2) is 11.5 Å². The molecule has 0 amide bonds. The lowest BCUT2D eigenvalue weighted by Gasteiger charge is -2.25. The smallest absolute Gasteiger partial charge is 0.350 e. The Morgan fingerprint density at radius 2 is 2.03 bits per heavy atom. The lowest BCUT2D eigenvalue weighted by molar-refractivity contribution is -0.153. The van der Waals surface area contributed by atoms with Gasteiger partial charge in [-0.1, -0.05) is 29.3 Å². The summed E-state index contributed by atoms with van der Waals surface area (Å²) < 4.78 is 21.8. The number of nitrogen functional groups attached to an aromatic ring is 1. The van der Waals surface area contributed by atoms with Crippen LogP contribution in [0.3, 0.4) is 0 Å². The van der Waals surface area contributed by atoms with E-state index in [0.29, 0.717) is 59.1 Å². The predicted octanol–water partition coefficient (Wildman–Crippen LogP) is 2.85. The molecule has 0 bridgehead atoms. The highest BCUT2D eigenvalue weighted by Crippen LogP contribution is 2.33. The number of esters is 1. The van der Waals surface area contributed by atoms with Gasteiger partial charge in [-0.15, -0.1) is 0 Å². The van der Waals surface area contributed by atoms with Crippen molar-refractivity contribution in [1.82, 2.24) is 5.32 Å². The molecule has 174 valence electrons. The van der Waals surface area contributed by atoms with Gasteiger partial charge in [0.25, 0.3) is 0 Å². The Balaban J connectivity index is 1.39. The van der Waals surface area contributed by atoms with E-state index in [9.17, 15) is 9.90 Å². The number of nitrogens with one attached hydrogen (secondary N) is 1. The normalized spacial score (nSPS) is 15.8. The minimum absolute atomic E-state index is 0.0786. The molecular weight excluding hydrogens is 459 g/mol. The van der Waals surface area contributed by atoms with Crippen molar-refractivity contribution in [3.63, 3.8) is 0 Å². The van der Waals surface area contributed by atoms with Crippen molar-refractivity contribution >= 4 is 34.9 Å². The average molecular weight is 485 g/mol. The fourth-order valence-corrected chi connectivity index (χ4v) is 3.49. The highest BCUT2D eigenvalue weighted by Gasteiger charge is 2.28. The molecule has 0 saturated carbocycles. The third kappa shape index (κ3) is 6.56. The fraction of sp³-hybridized carbons (Fsp3) is 0.409.